The normalized spacial score (nSPS) is 11.8. The van der Waals surface area contributed by atoms with Crippen LogP contribution < -0.4 is 5.32 Å². The Hall–Kier alpha value is -1.85. The highest BCUT2D eigenvalue weighted by Crippen LogP contribution is 2.23. The molecule has 0 saturated heterocycles. The van der Waals surface area contributed by atoms with Gasteiger partial charge in [0.25, 0.3) is 10.0 Å². The Labute approximate surface area is 119 Å². The molecule has 0 fully saturated rings. The summed E-state index contributed by atoms with van der Waals surface area (Å²) in [5, 5.41) is 9.72. The Morgan fingerprint density at radius 2 is 2.25 bits per heavy atom. The van der Waals surface area contributed by atoms with Crippen LogP contribution in [0.1, 0.15) is 12.7 Å². The molecule has 0 aliphatic carbocycles. The number of H-pyrrole nitrogens is 1. The molecule has 0 aliphatic rings. The van der Waals surface area contributed by atoms with E-state index in [2.05, 4.69) is 25.5 Å². The van der Waals surface area contributed by atoms with Crippen molar-refractivity contribution in [3.8, 4) is 0 Å². The predicted octanol–water partition coefficient (Wildman–Crippen LogP) is 0.0403. The zero-order valence-corrected chi connectivity index (χ0v) is 12.3. The average molecular weight is 316 g/mol. The molecule has 0 bridgehead atoms. The first-order valence-electron chi connectivity index (χ1n) is 5.45. The average Bonchev–Trinajstić information content (AvgIpc) is 2.99. The molecule has 0 saturated carbocycles. The lowest BCUT2D eigenvalue weighted by molar-refractivity contribution is -0.114. The van der Waals surface area contributed by atoms with Gasteiger partial charge in [-0.15, -0.1) is 10.2 Å². The van der Waals surface area contributed by atoms with Gasteiger partial charge in [0.15, 0.2) is 0 Å². The summed E-state index contributed by atoms with van der Waals surface area (Å²) in [4.78, 5) is 17.6. The van der Waals surface area contributed by atoms with E-state index in [0.29, 0.717) is 5.82 Å². The molecule has 108 valence electrons. The molecule has 0 aromatic carbocycles. The molecule has 0 radical (unpaired) electrons. The van der Waals surface area contributed by atoms with E-state index in [1.807, 2.05) is 0 Å². The summed E-state index contributed by atoms with van der Waals surface area (Å²) >= 11 is 0.795. The Bertz CT molecular complexity index is 693. The van der Waals surface area contributed by atoms with Crippen molar-refractivity contribution in [2.24, 2.45) is 0 Å². The second-order valence-electron chi connectivity index (χ2n) is 3.85. The van der Waals surface area contributed by atoms with Crippen molar-refractivity contribution in [2.45, 2.75) is 17.8 Å². The minimum atomic E-state index is -3.76. The maximum Gasteiger partial charge on any atom is 0.272 e. The molecular weight excluding hydrogens is 304 g/mol. The summed E-state index contributed by atoms with van der Waals surface area (Å²) in [6.07, 6.45) is 3.14. The molecule has 0 atom stereocenters. The third kappa shape index (κ3) is 3.18. The second-order valence-corrected chi connectivity index (χ2v) is 7.05. The van der Waals surface area contributed by atoms with Crippen LogP contribution in [0.4, 0.5) is 5.13 Å². The molecule has 0 unspecified atom stereocenters. The van der Waals surface area contributed by atoms with Gasteiger partial charge in [-0.25, -0.2) is 13.4 Å². The number of nitrogens with one attached hydrogen (secondary N) is 2. The highest BCUT2D eigenvalue weighted by atomic mass is 32.2. The molecule has 2 aromatic heterocycles. The highest BCUT2D eigenvalue weighted by Gasteiger charge is 2.26. The zero-order valence-electron chi connectivity index (χ0n) is 10.7. The molecule has 20 heavy (non-hydrogen) atoms. The van der Waals surface area contributed by atoms with Crippen LogP contribution in [0.3, 0.4) is 0 Å². The van der Waals surface area contributed by atoms with E-state index in [9.17, 15) is 13.2 Å². The second kappa shape index (κ2) is 5.64. The van der Waals surface area contributed by atoms with Crippen molar-refractivity contribution in [2.75, 3.05) is 12.4 Å². The first kappa shape index (κ1) is 14.6. The van der Waals surface area contributed by atoms with Gasteiger partial charge in [-0.05, 0) is 0 Å². The van der Waals surface area contributed by atoms with Crippen LogP contribution in [0.2, 0.25) is 0 Å². The van der Waals surface area contributed by atoms with Crippen LogP contribution in [-0.4, -0.2) is 45.8 Å². The topological polar surface area (TPSA) is 121 Å². The first-order chi connectivity index (χ1) is 9.39. The fourth-order valence-electron chi connectivity index (χ4n) is 1.33. The number of imidazole rings is 1. The molecule has 2 heterocycles. The van der Waals surface area contributed by atoms with Gasteiger partial charge in [-0.2, -0.15) is 4.31 Å². The Balaban J connectivity index is 2.16. The van der Waals surface area contributed by atoms with Crippen LogP contribution in [0.25, 0.3) is 0 Å². The lowest BCUT2D eigenvalue weighted by atomic mass is 10.6. The number of carbonyl (C=O) groups is 1. The van der Waals surface area contributed by atoms with Gasteiger partial charge >= 0.3 is 0 Å². The predicted molar refractivity (Wildman–Crippen MR) is 71.5 cm³/mol. The van der Waals surface area contributed by atoms with Crippen LogP contribution in [0, 0.1) is 0 Å². The quantitative estimate of drug-likeness (QED) is 0.751. The van der Waals surface area contributed by atoms with E-state index in [1.165, 1.54) is 20.2 Å². The summed E-state index contributed by atoms with van der Waals surface area (Å²) in [7, 11) is -2.35. The Morgan fingerprint density at radius 1 is 1.50 bits per heavy atom. The van der Waals surface area contributed by atoms with Crippen molar-refractivity contribution in [3.63, 3.8) is 0 Å². The Morgan fingerprint density at radius 3 is 2.85 bits per heavy atom. The molecule has 11 heteroatoms. The van der Waals surface area contributed by atoms with Crippen molar-refractivity contribution in [1.82, 2.24) is 24.5 Å². The lowest BCUT2D eigenvalue weighted by Crippen LogP contribution is -2.26. The Kier molecular flexibility index (Phi) is 4.11. The molecule has 0 spiro atoms. The van der Waals surface area contributed by atoms with Crippen molar-refractivity contribution in [3.05, 3.63) is 18.2 Å². The SMILES string of the molecule is CC(=O)Nc1nnc(S(=O)(=O)N(C)Cc2ncc[nH]2)s1. The summed E-state index contributed by atoms with van der Waals surface area (Å²) in [5.41, 5.74) is 0. The van der Waals surface area contributed by atoms with Crippen LogP contribution in [0.5, 0.6) is 0 Å². The summed E-state index contributed by atoms with van der Waals surface area (Å²) in [5.74, 6) is 0.178. The number of hydrogen-bond acceptors (Lipinski definition) is 7. The van der Waals surface area contributed by atoms with Crippen molar-refractivity contribution >= 4 is 32.4 Å². The smallest absolute Gasteiger partial charge is 0.272 e. The molecule has 0 aliphatic heterocycles. The molecule has 2 rings (SSSR count). The van der Waals surface area contributed by atoms with Crippen molar-refractivity contribution < 1.29 is 13.2 Å². The standard InChI is InChI=1S/C9H12N6O3S2/c1-6(16)12-8-13-14-9(19-8)20(17,18)15(2)5-7-10-3-4-11-7/h3-4H,5H2,1-2H3,(H,10,11)(H,12,13,16). The van der Waals surface area contributed by atoms with Crippen LogP contribution in [-0.2, 0) is 21.4 Å². The zero-order chi connectivity index (χ0) is 14.8. The third-order valence-corrected chi connectivity index (χ3v) is 5.24. The van der Waals surface area contributed by atoms with E-state index in [1.54, 1.807) is 6.20 Å². The number of carbonyl (C=O) groups excluding carboxylic acids is 1. The third-order valence-electron chi connectivity index (χ3n) is 2.25. The van der Waals surface area contributed by atoms with Crippen LogP contribution in [0.15, 0.2) is 16.7 Å². The van der Waals surface area contributed by atoms with E-state index in [0.717, 1.165) is 15.6 Å². The van der Waals surface area contributed by atoms with Gasteiger partial charge < -0.3 is 10.3 Å². The molecule has 2 aromatic rings. The fraction of sp³-hybridized carbons (Fsp3) is 0.333. The fourth-order valence-corrected chi connectivity index (χ4v) is 3.59. The van der Waals surface area contributed by atoms with E-state index in [4.69, 9.17) is 0 Å². The van der Waals surface area contributed by atoms with Crippen LogP contribution >= 0.6 is 11.3 Å². The lowest BCUT2D eigenvalue weighted by Gasteiger charge is -2.12. The van der Waals surface area contributed by atoms with Gasteiger partial charge in [0.2, 0.25) is 15.4 Å². The number of nitrogens with zero attached hydrogens (tertiary/aromatic N) is 4. The van der Waals surface area contributed by atoms with E-state index in [-0.39, 0.29) is 21.9 Å². The molecule has 9 nitrogen and oxygen atoms in total. The van der Waals surface area contributed by atoms with Gasteiger partial charge in [0.1, 0.15) is 5.82 Å². The number of sulfonamides is 1. The number of amides is 1. The van der Waals surface area contributed by atoms with Gasteiger partial charge in [-0.3, -0.25) is 4.79 Å². The van der Waals surface area contributed by atoms with Gasteiger partial charge in [-0.1, -0.05) is 11.3 Å². The number of anilines is 1. The van der Waals surface area contributed by atoms with Gasteiger partial charge in [0.05, 0.1) is 6.54 Å². The summed E-state index contributed by atoms with van der Waals surface area (Å²) in [6, 6.07) is 0. The van der Waals surface area contributed by atoms with E-state index >= 15 is 0 Å². The van der Waals surface area contributed by atoms with Gasteiger partial charge in [0, 0.05) is 26.4 Å². The maximum absolute atomic E-state index is 12.2. The summed E-state index contributed by atoms with van der Waals surface area (Å²) < 4.78 is 25.4. The number of rotatable bonds is 5. The summed E-state index contributed by atoms with van der Waals surface area (Å²) in [6.45, 7) is 1.39. The number of aromatic amines is 1. The minimum Gasteiger partial charge on any atom is -0.347 e. The monoisotopic (exact) mass is 316 g/mol. The minimum absolute atomic E-state index is 0.0877. The highest BCUT2D eigenvalue weighted by molar-refractivity contribution is 7.91. The number of hydrogen-bond donors (Lipinski definition) is 2. The van der Waals surface area contributed by atoms with E-state index < -0.39 is 10.0 Å². The molecule has 2 N–H and O–H groups in total. The molecular formula is C9H12N6O3S2. The maximum atomic E-state index is 12.2. The largest absolute Gasteiger partial charge is 0.347 e. The molecule has 1 amide bonds. The first-order valence-corrected chi connectivity index (χ1v) is 7.71. The number of aromatic nitrogens is 4. The van der Waals surface area contributed by atoms with Crippen molar-refractivity contribution in [1.29, 1.82) is 0 Å².